The molecule has 0 aliphatic carbocycles. The number of rotatable bonds is 4. The molecule has 0 heterocycles. The van der Waals surface area contributed by atoms with Crippen LogP contribution in [0.25, 0.3) is 0 Å². The first kappa shape index (κ1) is 16.1. The van der Waals surface area contributed by atoms with E-state index in [-0.39, 0.29) is 6.10 Å². The van der Waals surface area contributed by atoms with Gasteiger partial charge in [-0.2, -0.15) is 0 Å². The van der Waals surface area contributed by atoms with Crippen molar-refractivity contribution in [2.24, 2.45) is 0 Å². The summed E-state index contributed by atoms with van der Waals surface area (Å²) in [5, 5.41) is -0.816. The largest absolute Gasteiger partial charge is 0.410 e. The maximum atomic E-state index is 13.7. The molecule has 1 rings (SSSR count). The zero-order valence-corrected chi connectivity index (χ0v) is 12.1. The van der Waals surface area contributed by atoms with Crippen molar-refractivity contribution in [3.05, 3.63) is 29.1 Å². The molecule has 0 fully saturated rings. The zero-order valence-electron chi connectivity index (χ0n) is 11.1. The van der Waals surface area contributed by atoms with E-state index in [0.717, 1.165) is 0 Å². The first-order valence-corrected chi connectivity index (χ1v) is 8.74. The molecule has 0 bridgehead atoms. The van der Waals surface area contributed by atoms with E-state index in [9.17, 15) is 22.0 Å². The van der Waals surface area contributed by atoms with Gasteiger partial charge in [-0.1, -0.05) is 6.92 Å². The highest BCUT2D eigenvalue weighted by Gasteiger charge is 2.38. The lowest BCUT2D eigenvalue weighted by atomic mass is 10.3. The number of hydrogen-bond donors (Lipinski definition) is 0. The maximum absolute atomic E-state index is 13.7. The Balaban J connectivity index is 3.42. The van der Waals surface area contributed by atoms with E-state index in [4.69, 9.17) is 4.43 Å². The Kier molecular flexibility index (Phi) is 4.73. The topological polar surface area (TPSA) is 9.23 Å². The van der Waals surface area contributed by atoms with E-state index in [1.165, 1.54) is 13.1 Å². The van der Waals surface area contributed by atoms with Crippen LogP contribution in [0.3, 0.4) is 0 Å². The van der Waals surface area contributed by atoms with Crippen LogP contribution in [0.2, 0.25) is 13.1 Å². The summed E-state index contributed by atoms with van der Waals surface area (Å²) in [7, 11) is -3.23. The van der Waals surface area contributed by atoms with Gasteiger partial charge in [-0.15, -0.1) is 0 Å². The second kappa shape index (κ2) is 5.58. The van der Waals surface area contributed by atoms with Gasteiger partial charge >= 0.3 is 0 Å². The molecule has 0 aliphatic rings. The first-order valence-electron chi connectivity index (χ1n) is 5.83. The fraction of sp³-hybridized carbons (Fsp3) is 0.500. The van der Waals surface area contributed by atoms with Crippen LogP contribution in [0.15, 0.2) is 0 Å². The summed E-state index contributed by atoms with van der Waals surface area (Å²) in [5.41, 5.74) is 0. The molecule has 7 heteroatoms. The molecule has 1 aromatic rings. The molecule has 0 aliphatic heterocycles. The third-order valence-electron chi connectivity index (χ3n) is 2.88. The van der Waals surface area contributed by atoms with E-state index < -0.39 is 42.6 Å². The summed E-state index contributed by atoms with van der Waals surface area (Å²) >= 11 is 0. The van der Waals surface area contributed by atoms with Crippen LogP contribution in [-0.4, -0.2) is 14.4 Å². The lowest BCUT2D eigenvalue weighted by Gasteiger charge is -2.28. The summed E-state index contributed by atoms with van der Waals surface area (Å²) in [6.45, 7) is 6.28. The van der Waals surface area contributed by atoms with Crippen molar-refractivity contribution in [2.75, 3.05) is 0 Å². The Bertz CT molecular complexity index is 460. The second-order valence-corrected chi connectivity index (χ2v) is 8.55. The molecule has 0 amide bonds. The van der Waals surface area contributed by atoms with Gasteiger partial charge in [-0.3, -0.25) is 0 Å². The second-order valence-electron chi connectivity index (χ2n) is 4.79. The van der Waals surface area contributed by atoms with Gasteiger partial charge in [0.2, 0.25) is 14.1 Å². The molecule has 0 spiro atoms. The highest BCUT2D eigenvalue weighted by Crippen LogP contribution is 2.21. The average Bonchev–Trinajstić information content (AvgIpc) is 2.33. The van der Waals surface area contributed by atoms with Crippen LogP contribution >= 0.6 is 0 Å². The molecule has 1 unspecified atom stereocenters. The van der Waals surface area contributed by atoms with E-state index >= 15 is 0 Å². The molecule has 1 nitrogen and oxygen atoms in total. The molecule has 0 aromatic heterocycles. The molecule has 0 saturated heterocycles. The minimum absolute atomic E-state index is 0.323. The van der Waals surface area contributed by atoms with Gasteiger partial charge < -0.3 is 4.43 Å². The summed E-state index contributed by atoms with van der Waals surface area (Å²) < 4.78 is 72.1. The van der Waals surface area contributed by atoms with Crippen LogP contribution in [0.5, 0.6) is 0 Å². The Hall–Kier alpha value is -0.953. The van der Waals surface area contributed by atoms with Crippen molar-refractivity contribution in [2.45, 2.75) is 39.5 Å². The molecule has 0 saturated carbocycles. The Morgan fingerprint density at radius 3 is 1.63 bits per heavy atom. The molecule has 0 N–H and O–H groups in total. The Labute approximate surface area is 109 Å². The standard InChI is InChI=1S/C12H15F5OSi/c1-5-6(2)18-19(3,4)12-10(16)8(14)7(13)9(15)11(12)17/h6H,5H2,1-4H3. The van der Waals surface area contributed by atoms with Gasteiger partial charge in [0.15, 0.2) is 23.3 Å². The predicted octanol–water partition coefficient (Wildman–Crippen LogP) is 3.61. The normalized spacial score (nSPS) is 13.7. The highest BCUT2D eigenvalue weighted by atomic mass is 28.4. The third kappa shape index (κ3) is 2.97. The van der Waals surface area contributed by atoms with Crippen LogP contribution in [0, 0.1) is 29.1 Å². The molecular formula is C12H15F5OSi. The van der Waals surface area contributed by atoms with Crippen LogP contribution < -0.4 is 5.19 Å². The molecule has 108 valence electrons. The van der Waals surface area contributed by atoms with Crippen LogP contribution in [0.4, 0.5) is 22.0 Å². The SMILES string of the molecule is CCC(C)O[Si](C)(C)c1c(F)c(F)c(F)c(F)c1F. The van der Waals surface area contributed by atoms with Crippen molar-refractivity contribution in [1.29, 1.82) is 0 Å². The number of hydrogen-bond acceptors (Lipinski definition) is 1. The smallest absolute Gasteiger partial charge is 0.225 e. The minimum Gasteiger partial charge on any atom is -0.410 e. The predicted molar refractivity (Wildman–Crippen MR) is 64.2 cm³/mol. The first-order chi connectivity index (χ1) is 8.63. The van der Waals surface area contributed by atoms with Gasteiger partial charge in [0.05, 0.1) is 0 Å². The molecular weight excluding hydrogens is 283 g/mol. The summed E-state index contributed by atoms with van der Waals surface area (Å²) in [5.74, 6) is -9.59. The number of benzene rings is 1. The Morgan fingerprint density at radius 2 is 1.26 bits per heavy atom. The van der Waals surface area contributed by atoms with E-state index in [1.807, 2.05) is 0 Å². The van der Waals surface area contributed by atoms with Crippen molar-refractivity contribution in [3.8, 4) is 0 Å². The monoisotopic (exact) mass is 298 g/mol. The van der Waals surface area contributed by atoms with Crippen molar-refractivity contribution >= 4 is 13.5 Å². The van der Waals surface area contributed by atoms with Crippen LogP contribution in [-0.2, 0) is 4.43 Å². The minimum atomic E-state index is -3.23. The summed E-state index contributed by atoms with van der Waals surface area (Å²) in [4.78, 5) is 0. The average molecular weight is 298 g/mol. The molecule has 19 heavy (non-hydrogen) atoms. The van der Waals surface area contributed by atoms with Gasteiger partial charge in [0, 0.05) is 11.3 Å². The van der Waals surface area contributed by atoms with Crippen molar-refractivity contribution in [1.82, 2.24) is 0 Å². The fourth-order valence-electron chi connectivity index (χ4n) is 1.78. The summed E-state index contributed by atoms with van der Waals surface area (Å²) in [6, 6.07) is 0. The Morgan fingerprint density at radius 1 is 0.895 bits per heavy atom. The molecule has 1 atom stereocenters. The third-order valence-corrected chi connectivity index (χ3v) is 5.52. The van der Waals surface area contributed by atoms with Crippen LogP contribution in [0.1, 0.15) is 20.3 Å². The lowest BCUT2D eigenvalue weighted by molar-refractivity contribution is 0.211. The van der Waals surface area contributed by atoms with E-state index in [1.54, 1.807) is 13.8 Å². The van der Waals surface area contributed by atoms with Crippen molar-refractivity contribution < 1.29 is 26.4 Å². The van der Waals surface area contributed by atoms with Gasteiger partial charge in [-0.25, -0.2) is 22.0 Å². The van der Waals surface area contributed by atoms with Crippen molar-refractivity contribution in [3.63, 3.8) is 0 Å². The quantitative estimate of drug-likeness (QED) is 0.357. The van der Waals surface area contributed by atoms with E-state index in [0.29, 0.717) is 6.42 Å². The molecule has 0 radical (unpaired) electrons. The van der Waals surface area contributed by atoms with Gasteiger partial charge in [0.25, 0.3) is 0 Å². The summed E-state index contributed by atoms with van der Waals surface area (Å²) in [6.07, 6.45) is 0.253. The van der Waals surface area contributed by atoms with Gasteiger partial charge in [0.1, 0.15) is 0 Å². The maximum Gasteiger partial charge on any atom is 0.225 e. The highest BCUT2D eigenvalue weighted by molar-refractivity contribution is 6.84. The lowest BCUT2D eigenvalue weighted by Crippen LogP contribution is -2.51. The molecule has 1 aromatic carbocycles. The van der Waals surface area contributed by atoms with E-state index in [2.05, 4.69) is 0 Å². The van der Waals surface area contributed by atoms with Gasteiger partial charge in [-0.05, 0) is 26.4 Å². The fourth-order valence-corrected chi connectivity index (χ4v) is 4.35. The zero-order chi connectivity index (χ0) is 15.0. The number of halogens is 5.